The smallest absolute Gasteiger partial charge is 0.169 e. The Morgan fingerprint density at radius 3 is 1.21 bits per heavy atom. The molecule has 2 saturated heterocycles. The van der Waals surface area contributed by atoms with Crippen LogP contribution >= 0.6 is 0 Å². The van der Waals surface area contributed by atoms with E-state index in [1.165, 1.54) is 12.8 Å². The molecule has 136 valence electrons. The molecule has 6 atom stereocenters. The van der Waals surface area contributed by atoms with Crippen molar-refractivity contribution >= 4 is 0 Å². The van der Waals surface area contributed by atoms with Gasteiger partial charge in [0.1, 0.15) is 36.6 Å². The third kappa shape index (κ3) is 2.31. The van der Waals surface area contributed by atoms with Crippen LogP contribution in [-0.2, 0) is 18.9 Å². The minimum absolute atomic E-state index is 0.354. The van der Waals surface area contributed by atoms with Crippen LogP contribution in [0.4, 0.5) is 0 Å². The minimum atomic E-state index is -0.986. The molecule has 24 heavy (non-hydrogen) atoms. The van der Waals surface area contributed by atoms with Gasteiger partial charge in [0, 0.05) is 25.7 Å². The summed E-state index contributed by atoms with van der Waals surface area (Å²) >= 11 is 0. The van der Waals surface area contributed by atoms with Gasteiger partial charge in [0.2, 0.25) is 0 Å². The van der Waals surface area contributed by atoms with Crippen LogP contribution in [0, 0.1) is 0 Å². The maximum Gasteiger partial charge on any atom is 0.169 e. The summed E-state index contributed by atoms with van der Waals surface area (Å²) in [6.45, 7) is 0. The molecule has 6 heteroatoms. The molecule has 0 radical (unpaired) electrons. The van der Waals surface area contributed by atoms with Gasteiger partial charge in [0.05, 0.1) is 0 Å². The Kier molecular flexibility index (Phi) is 3.75. The van der Waals surface area contributed by atoms with Crippen molar-refractivity contribution in [3.8, 4) is 0 Å². The lowest BCUT2D eigenvalue weighted by molar-refractivity contribution is -0.224. The molecule has 5 rings (SSSR count). The first-order chi connectivity index (χ1) is 11.6. The van der Waals surface area contributed by atoms with Crippen molar-refractivity contribution in [2.75, 3.05) is 0 Å². The van der Waals surface area contributed by atoms with Gasteiger partial charge in [-0.15, -0.1) is 0 Å². The Bertz CT molecular complexity index is 440. The lowest BCUT2D eigenvalue weighted by Gasteiger charge is -2.38. The molecule has 0 bridgehead atoms. The molecule has 5 aliphatic rings. The van der Waals surface area contributed by atoms with Gasteiger partial charge in [-0.05, 0) is 25.7 Å². The Balaban J connectivity index is 1.42. The average molecular weight is 340 g/mol. The van der Waals surface area contributed by atoms with Crippen molar-refractivity contribution in [2.24, 2.45) is 0 Å². The van der Waals surface area contributed by atoms with Gasteiger partial charge in [-0.3, -0.25) is 0 Å². The minimum Gasteiger partial charge on any atom is -0.387 e. The van der Waals surface area contributed by atoms with Crippen LogP contribution in [0.25, 0.3) is 0 Å². The highest BCUT2D eigenvalue weighted by atomic mass is 16.8. The lowest BCUT2D eigenvalue weighted by atomic mass is 9.85. The Labute approximate surface area is 142 Å². The van der Waals surface area contributed by atoms with E-state index in [9.17, 15) is 10.2 Å². The number of ether oxygens (including phenoxy) is 4. The highest BCUT2D eigenvalue weighted by Crippen LogP contribution is 2.51. The summed E-state index contributed by atoms with van der Waals surface area (Å²) in [5.74, 6) is -1.20. The van der Waals surface area contributed by atoms with Crippen molar-refractivity contribution in [2.45, 2.75) is 112 Å². The van der Waals surface area contributed by atoms with Crippen LogP contribution in [-0.4, -0.2) is 58.4 Å². The number of fused-ring (bicyclic) bond motifs is 3. The second kappa shape index (κ2) is 5.63. The second-order valence-corrected chi connectivity index (χ2v) is 8.25. The first-order valence-corrected chi connectivity index (χ1v) is 9.69. The van der Waals surface area contributed by atoms with E-state index in [-0.39, 0.29) is 12.2 Å². The van der Waals surface area contributed by atoms with Crippen LogP contribution in [0.1, 0.15) is 64.2 Å². The normalized spacial score (nSPS) is 49.2. The molecular formula is C18H28O6. The van der Waals surface area contributed by atoms with Crippen LogP contribution in [0.2, 0.25) is 0 Å². The van der Waals surface area contributed by atoms with Gasteiger partial charge in [-0.1, -0.05) is 12.8 Å². The molecule has 2 heterocycles. The van der Waals surface area contributed by atoms with E-state index in [0.29, 0.717) is 0 Å². The van der Waals surface area contributed by atoms with Crippen LogP contribution in [0.15, 0.2) is 0 Å². The Morgan fingerprint density at radius 2 is 0.833 bits per heavy atom. The van der Waals surface area contributed by atoms with Gasteiger partial charge >= 0.3 is 0 Å². The molecule has 0 amide bonds. The predicted octanol–water partition coefficient (Wildman–Crippen LogP) is 1.61. The van der Waals surface area contributed by atoms with Crippen molar-refractivity contribution in [3.05, 3.63) is 0 Å². The van der Waals surface area contributed by atoms with E-state index in [2.05, 4.69) is 0 Å². The molecule has 0 unspecified atom stereocenters. The summed E-state index contributed by atoms with van der Waals surface area (Å²) in [6, 6.07) is 0. The first kappa shape index (κ1) is 16.0. The molecule has 0 aromatic carbocycles. The van der Waals surface area contributed by atoms with Crippen molar-refractivity contribution in [3.63, 3.8) is 0 Å². The fraction of sp³-hybridized carbons (Fsp3) is 1.00. The summed E-state index contributed by atoms with van der Waals surface area (Å²) in [7, 11) is 0. The zero-order chi connectivity index (χ0) is 16.4. The molecule has 3 aliphatic carbocycles. The van der Waals surface area contributed by atoms with Crippen LogP contribution < -0.4 is 0 Å². The lowest BCUT2D eigenvalue weighted by Crippen LogP contribution is -2.61. The molecule has 2 aliphatic heterocycles. The maximum atomic E-state index is 10.6. The Morgan fingerprint density at radius 1 is 0.500 bits per heavy atom. The number of hydrogen-bond acceptors (Lipinski definition) is 6. The summed E-state index contributed by atoms with van der Waals surface area (Å²) in [5.41, 5.74) is 0. The standard InChI is InChI=1S/C18H28O6/c19-11-12(20)14-16(24-18(22-14)9-5-2-6-10-18)15-13(11)21-17(23-15)7-3-1-4-8-17/h11-16,19-20H,1-10H2/t11-,12-,13-,14+,15-,16-/m0/s1. The van der Waals surface area contributed by atoms with Crippen LogP contribution in [0.5, 0.6) is 0 Å². The van der Waals surface area contributed by atoms with Crippen molar-refractivity contribution in [1.29, 1.82) is 0 Å². The monoisotopic (exact) mass is 340 g/mol. The zero-order valence-electron chi connectivity index (χ0n) is 14.1. The highest BCUT2D eigenvalue weighted by Gasteiger charge is 2.65. The van der Waals surface area contributed by atoms with Crippen molar-refractivity contribution in [1.82, 2.24) is 0 Å². The van der Waals surface area contributed by atoms with Crippen molar-refractivity contribution < 1.29 is 29.2 Å². The van der Waals surface area contributed by atoms with Gasteiger partial charge in [0.15, 0.2) is 11.6 Å². The molecule has 0 aromatic heterocycles. The van der Waals surface area contributed by atoms with E-state index >= 15 is 0 Å². The summed E-state index contributed by atoms with van der Waals surface area (Å²) in [6.07, 6.45) is 6.38. The van der Waals surface area contributed by atoms with E-state index in [1.807, 2.05) is 0 Å². The number of hydrogen-bond donors (Lipinski definition) is 2. The van der Waals surface area contributed by atoms with Gasteiger partial charge in [-0.2, -0.15) is 0 Å². The fourth-order valence-corrected chi connectivity index (χ4v) is 5.39. The van der Waals surface area contributed by atoms with Crippen LogP contribution in [0.3, 0.4) is 0 Å². The largest absolute Gasteiger partial charge is 0.387 e. The predicted molar refractivity (Wildman–Crippen MR) is 83.1 cm³/mol. The number of rotatable bonds is 0. The average Bonchev–Trinajstić information content (AvgIpc) is 3.14. The molecule has 6 nitrogen and oxygen atoms in total. The van der Waals surface area contributed by atoms with E-state index in [1.54, 1.807) is 0 Å². The molecular weight excluding hydrogens is 312 g/mol. The molecule has 2 N–H and O–H groups in total. The van der Waals surface area contributed by atoms with E-state index in [0.717, 1.165) is 51.4 Å². The molecule has 0 aromatic rings. The van der Waals surface area contributed by atoms with Gasteiger partial charge in [0.25, 0.3) is 0 Å². The molecule has 3 saturated carbocycles. The summed E-state index contributed by atoms with van der Waals surface area (Å²) < 4.78 is 25.1. The third-order valence-corrected chi connectivity index (χ3v) is 6.63. The SMILES string of the molecule is O[C@H]1[C@H](O)[C@@H]2OC3(CCCCC3)O[C@@H]2[C@H]2OC3(CCCCC3)O[C@H]12. The topological polar surface area (TPSA) is 77.4 Å². The summed E-state index contributed by atoms with van der Waals surface area (Å²) in [5, 5.41) is 21.2. The Hall–Kier alpha value is -0.240. The van der Waals surface area contributed by atoms with E-state index < -0.39 is 36.0 Å². The summed E-state index contributed by atoms with van der Waals surface area (Å²) in [4.78, 5) is 0. The second-order valence-electron chi connectivity index (χ2n) is 8.25. The first-order valence-electron chi connectivity index (χ1n) is 9.69. The number of aliphatic hydroxyl groups is 2. The van der Waals surface area contributed by atoms with Gasteiger partial charge in [-0.25, -0.2) is 0 Å². The fourth-order valence-electron chi connectivity index (χ4n) is 5.39. The number of aliphatic hydroxyl groups excluding tert-OH is 2. The van der Waals surface area contributed by atoms with E-state index in [4.69, 9.17) is 18.9 Å². The van der Waals surface area contributed by atoms with Gasteiger partial charge < -0.3 is 29.2 Å². The zero-order valence-corrected chi connectivity index (χ0v) is 14.1. The highest BCUT2D eigenvalue weighted by molar-refractivity contribution is 5.09. The molecule has 2 spiro atoms. The molecule has 5 fully saturated rings. The maximum absolute atomic E-state index is 10.6. The quantitative estimate of drug-likeness (QED) is 0.698. The third-order valence-electron chi connectivity index (χ3n) is 6.63.